The Hall–Kier alpha value is -2.67. The van der Waals surface area contributed by atoms with Gasteiger partial charge in [0.15, 0.2) is 0 Å². The van der Waals surface area contributed by atoms with Gasteiger partial charge in [0.2, 0.25) is 5.95 Å². The van der Waals surface area contributed by atoms with Gasteiger partial charge >= 0.3 is 6.09 Å². The summed E-state index contributed by atoms with van der Waals surface area (Å²) in [6, 6.07) is 13.9. The quantitative estimate of drug-likeness (QED) is 0.472. The minimum Gasteiger partial charge on any atom is -0.449 e. The van der Waals surface area contributed by atoms with E-state index in [4.69, 9.17) is 27.9 Å². The van der Waals surface area contributed by atoms with Crippen molar-refractivity contribution in [1.82, 2.24) is 14.9 Å². The number of ether oxygens (including phenoxy) is 1. The van der Waals surface area contributed by atoms with E-state index in [2.05, 4.69) is 21.4 Å². The van der Waals surface area contributed by atoms with Crippen LogP contribution in [0.2, 0.25) is 10.0 Å². The number of benzene rings is 2. The number of hydrogen-bond acceptors (Lipinski definition) is 5. The highest BCUT2D eigenvalue weighted by Gasteiger charge is 2.28. The number of halogens is 2. The lowest BCUT2D eigenvalue weighted by Gasteiger charge is -2.27. The van der Waals surface area contributed by atoms with E-state index in [-0.39, 0.29) is 11.9 Å². The summed E-state index contributed by atoms with van der Waals surface area (Å²) in [5, 5.41) is 3.71. The normalized spacial score (nSPS) is 14.6. The third kappa shape index (κ3) is 5.04. The summed E-state index contributed by atoms with van der Waals surface area (Å²) in [5.41, 5.74) is 5.06. The summed E-state index contributed by atoms with van der Waals surface area (Å²) in [5.74, 6) is 0.335. The number of carbonyl (C=O) groups excluding carboxylic acids is 1. The van der Waals surface area contributed by atoms with E-state index < -0.39 is 6.09 Å². The van der Waals surface area contributed by atoms with Crippen LogP contribution >= 0.6 is 23.2 Å². The van der Waals surface area contributed by atoms with Gasteiger partial charge in [-0.1, -0.05) is 53.5 Å². The van der Waals surface area contributed by atoms with Gasteiger partial charge in [0.1, 0.15) is 0 Å². The molecule has 3 aromatic rings. The van der Waals surface area contributed by atoms with E-state index >= 15 is 0 Å². The van der Waals surface area contributed by atoms with Crippen LogP contribution in [0.15, 0.2) is 48.7 Å². The van der Waals surface area contributed by atoms with Gasteiger partial charge in [-0.25, -0.2) is 14.8 Å². The Morgan fingerprint density at radius 3 is 2.78 bits per heavy atom. The van der Waals surface area contributed by atoms with E-state index in [1.165, 1.54) is 0 Å². The zero-order valence-electron chi connectivity index (χ0n) is 17.9. The maximum Gasteiger partial charge on any atom is 0.414 e. The first-order valence-corrected chi connectivity index (χ1v) is 11.2. The fourth-order valence-electron chi connectivity index (χ4n) is 3.90. The third-order valence-electron chi connectivity index (χ3n) is 5.42. The number of carbonyl (C=O) groups is 1. The van der Waals surface area contributed by atoms with Crippen LogP contribution < -0.4 is 5.32 Å². The second-order valence-corrected chi connectivity index (χ2v) is 8.82. The molecule has 0 bridgehead atoms. The molecule has 0 saturated carbocycles. The van der Waals surface area contributed by atoms with Crippen LogP contribution in [-0.4, -0.2) is 48.2 Å². The van der Waals surface area contributed by atoms with Crippen molar-refractivity contribution in [3.8, 4) is 11.3 Å². The standard InChI is InChI=1S/C24H24Cl2N4O2/c1-30(2)10-5-11-32-24(31)29-23-27-14-16-12-19(15-8-9-20(25)21(26)13-15)17-6-3-4-7-18(17)22(16)28-23/h3-4,6-9,13-14,19H,5,10-12H2,1-2H3,(H,27,28,29,31). The molecule has 6 nitrogen and oxygen atoms in total. The number of amides is 1. The highest BCUT2D eigenvalue weighted by atomic mass is 35.5. The van der Waals surface area contributed by atoms with E-state index in [1.54, 1.807) is 6.20 Å². The second kappa shape index (κ2) is 9.86. The molecule has 1 heterocycles. The summed E-state index contributed by atoms with van der Waals surface area (Å²) < 4.78 is 5.23. The number of rotatable bonds is 6. The van der Waals surface area contributed by atoms with Crippen molar-refractivity contribution in [3.05, 3.63) is 75.4 Å². The lowest BCUT2D eigenvalue weighted by Crippen LogP contribution is -2.20. The predicted octanol–water partition coefficient (Wildman–Crippen LogP) is 5.64. The molecular weight excluding hydrogens is 447 g/mol. The Kier molecular flexibility index (Phi) is 6.94. The van der Waals surface area contributed by atoms with Crippen LogP contribution in [0.5, 0.6) is 0 Å². The van der Waals surface area contributed by atoms with Crippen LogP contribution in [0.3, 0.4) is 0 Å². The molecule has 2 aromatic carbocycles. The molecule has 0 spiro atoms. The van der Waals surface area contributed by atoms with Crippen molar-refractivity contribution in [2.75, 3.05) is 32.6 Å². The number of nitrogens with one attached hydrogen (secondary N) is 1. The molecular formula is C24H24Cl2N4O2. The largest absolute Gasteiger partial charge is 0.449 e. The molecule has 32 heavy (non-hydrogen) atoms. The maximum absolute atomic E-state index is 12.1. The van der Waals surface area contributed by atoms with E-state index in [1.807, 2.05) is 55.4 Å². The monoisotopic (exact) mass is 470 g/mol. The molecule has 1 amide bonds. The Morgan fingerprint density at radius 1 is 1.19 bits per heavy atom. The van der Waals surface area contributed by atoms with Crippen LogP contribution in [0.25, 0.3) is 11.3 Å². The van der Waals surface area contributed by atoms with Crippen LogP contribution in [0.4, 0.5) is 10.7 Å². The molecule has 1 aliphatic rings. The summed E-state index contributed by atoms with van der Waals surface area (Å²) in [7, 11) is 3.95. The number of nitrogens with zero attached hydrogens (tertiary/aromatic N) is 3. The fourth-order valence-corrected chi connectivity index (χ4v) is 4.20. The number of fused-ring (bicyclic) bond motifs is 3. The Balaban J connectivity index is 1.55. The lowest BCUT2D eigenvalue weighted by atomic mass is 9.78. The highest BCUT2D eigenvalue weighted by Crippen LogP contribution is 2.42. The molecule has 0 saturated heterocycles. The molecule has 1 atom stereocenters. The number of anilines is 1. The fraction of sp³-hybridized carbons (Fsp3) is 0.292. The lowest BCUT2D eigenvalue weighted by molar-refractivity contribution is 0.156. The molecule has 1 unspecified atom stereocenters. The Labute approximate surface area is 197 Å². The van der Waals surface area contributed by atoms with Gasteiger partial charge in [-0.3, -0.25) is 5.32 Å². The zero-order chi connectivity index (χ0) is 22.7. The molecule has 0 fully saturated rings. The molecule has 1 aliphatic carbocycles. The van der Waals surface area contributed by atoms with Crippen molar-refractivity contribution in [2.24, 2.45) is 0 Å². The average Bonchev–Trinajstić information content (AvgIpc) is 2.78. The van der Waals surface area contributed by atoms with Gasteiger partial charge < -0.3 is 9.64 Å². The van der Waals surface area contributed by atoms with Gasteiger partial charge in [-0.2, -0.15) is 0 Å². The molecule has 0 radical (unpaired) electrons. The van der Waals surface area contributed by atoms with Crippen LogP contribution in [0.1, 0.15) is 29.0 Å². The van der Waals surface area contributed by atoms with E-state index in [0.29, 0.717) is 16.7 Å². The van der Waals surface area contributed by atoms with Gasteiger partial charge in [0.05, 0.1) is 22.3 Å². The topological polar surface area (TPSA) is 67.3 Å². The summed E-state index contributed by atoms with van der Waals surface area (Å²) in [6.45, 7) is 1.18. The van der Waals surface area contributed by atoms with Crippen LogP contribution in [0, 0.1) is 0 Å². The average molecular weight is 471 g/mol. The van der Waals surface area contributed by atoms with E-state index in [9.17, 15) is 4.79 Å². The molecule has 8 heteroatoms. The Morgan fingerprint density at radius 2 is 2.00 bits per heavy atom. The number of hydrogen-bond donors (Lipinski definition) is 1. The highest BCUT2D eigenvalue weighted by molar-refractivity contribution is 6.42. The molecule has 4 rings (SSSR count). The number of aromatic nitrogens is 2. The summed E-state index contributed by atoms with van der Waals surface area (Å²) in [4.78, 5) is 23.1. The maximum atomic E-state index is 12.1. The van der Waals surface area contributed by atoms with Crippen molar-refractivity contribution in [1.29, 1.82) is 0 Å². The SMILES string of the molecule is CN(C)CCCOC(=O)Nc1ncc2c(n1)-c1ccccc1C(c1ccc(Cl)c(Cl)c1)C2. The first-order chi connectivity index (χ1) is 15.4. The van der Waals surface area contributed by atoms with Crippen LogP contribution in [-0.2, 0) is 11.2 Å². The minimum atomic E-state index is -0.554. The van der Waals surface area contributed by atoms with Gasteiger partial charge in [0, 0.05) is 24.2 Å². The summed E-state index contributed by atoms with van der Waals surface area (Å²) >= 11 is 12.4. The molecule has 1 aromatic heterocycles. The minimum absolute atomic E-state index is 0.109. The first-order valence-electron chi connectivity index (χ1n) is 10.4. The second-order valence-electron chi connectivity index (χ2n) is 8.00. The molecule has 166 valence electrons. The summed E-state index contributed by atoms with van der Waals surface area (Å²) in [6.07, 6.45) is 2.69. The first kappa shape index (κ1) is 22.5. The van der Waals surface area contributed by atoms with Crippen molar-refractivity contribution < 1.29 is 9.53 Å². The smallest absolute Gasteiger partial charge is 0.414 e. The van der Waals surface area contributed by atoms with Crippen molar-refractivity contribution >= 4 is 35.2 Å². The van der Waals surface area contributed by atoms with Gasteiger partial charge in [-0.05, 0) is 55.8 Å². The molecule has 1 N–H and O–H groups in total. The van der Waals surface area contributed by atoms with Gasteiger partial charge in [-0.15, -0.1) is 0 Å². The molecule has 0 aliphatic heterocycles. The third-order valence-corrected chi connectivity index (χ3v) is 6.16. The van der Waals surface area contributed by atoms with Crippen molar-refractivity contribution in [2.45, 2.75) is 18.8 Å². The van der Waals surface area contributed by atoms with E-state index in [0.717, 1.165) is 47.3 Å². The Bertz CT molecular complexity index is 1140. The van der Waals surface area contributed by atoms with Crippen molar-refractivity contribution in [3.63, 3.8) is 0 Å². The van der Waals surface area contributed by atoms with Gasteiger partial charge in [0.25, 0.3) is 0 Å². The zero-order valence-corrected chi connectivity index (χ0v) is 19.5. The predicted molar refractivity (Wildman–Crippen MR) is 128 cm³/mol.